The Hall–Kier alpha value is -0.680. The number of hydrogen-bond acceptors (Lipinski definition) is 3. The maximum Gasteiger partial charge on any atom is 0.104 e. The van der Waals surface area contributed by atoms with Crippen molar-refractivity contribution in [3.63, 3.8) is 0 Å². The fraction of sp³-hybridized carbons (Fsp3) is 0.462. The second-order valence-corrected chi connectivity index (χ2v) is 5.17. The van der Waals surface area contributed by atoms with Crippen LogP contribution < -0.4 is 5.73 Å². The van der Waals surface area contributed by atoms with Gasteiger partial charge < -0.3 is 15.2 Å². The van der Waals surface area contributed by atoms with Crippen molar-refractivity contribution in [1.82, 2.24) is 0 Å². The van der Waals surface area contributed by atoms with Gasteiger partial charge in [-0.3, -0.25) is 0 Å². The van der Waals surface area contributed by atoms with E-state index < -0.39 is 0 Å². The topological polar surface area (TPSA) is 44.5 Å². The third kappa shape index (κ3) is 3.65. The van der Waals surface area contributed by atoms with Gasteiger partial charge in [0.1, 0.15) is 4.99 Å². The molecule has 0 spiro atoms. The molecule has 1 aliphatic rings. The first kappa shape index (κ1) is 13.7. The van der Waals surface area contributed by atoms with E-state index in [1.807, 2.05) is 12.1 Å². The average Bonchev–Trinajstić information content (AvgIpc) is 2.84. The molecule has 0 saturated carbocycles. The molecule has 0 amide bonds. The van der Waals surface area contributed by atoms with E-state index >= 15 is 0 Å². The summed E-state index contributed by atoms with van der Waals surface area (Å²) in [4.78, 5) is 0.351. The van der Waals surface area contributed by atoms with Crippen LogP contribution in [0.15, 0.2) is 18.2 Å². The average molecular weight is 286 g/mol. The number of nitrogens with two attached hydrogens (primary N) is 1. The number of benzene rings is 1. The van der Waals surface area contributed by atoms with Crippen LogP contribution in [0.1, 0.15) is 24.0 Å². The number of ether oxygens (including phenoxy) is 2. The molecule has 5 heteroatoms. The van der Waals surface area contributed by atoms with Crippen molar-refractivity contribution < 1.29 is 9.47 Å². The van der Waals surface area contributed by atoms with E-state index in [1.165, 1.54) is 0 Å². The Labute approximate surface area is 117 Å². The fourth-order valence-corrected chi connectivity index (χ4v) is 2.26. The Morgan fingerprint density at radius 3 is 3.00 bits per heavy atom. The van der Waals surface area contributed by atoms with Crippen LogP contribution in [-0.4, -0.2) is 24.3 Å². The molecule has 1 fully saturated rings. The summed E-state index contributed by atoms with van der Waals surface area (Å²) < 4.78 is 11.1. The first-order valence-electron chi connectivity index (χ1n) is 5.94. The minimum atomic E-state index is 0.236. The Morgan fingerprint density at radius 2 is 2.39 bits per heavy atom. The number of halogens is 1. The molecular weight excluding hydrogens is 270 g/mol. The van der Waals surface area contributed by atoms with Crippen molar-refractivity contribution >= 4 is 28.8 Å². The van der Waals surface area contributed by atoms with Gasteiger partial charge in [-0.25, -0.2) is 0 Å². The van der Waals surface area contributed by atoms with Crippen molar-refractivity contribution in [1.29, 1.82) is 0 Å². The molecule has 3 nitrogen and oxygen atoms in total. The first-order chi connectivity index (χ1) is 8.66. The molecule has 18 heavy (non-hydrogen) atoms. The summed E-state index contributed by atoms with van der Waals surface area (Å²) in [5, 5.41) is 0.632. The van der Waals surface area contributed by atoms with Gasteiger partial charge in [0.15, 0.2) is 0 Å². The molecule has 2 N–H and O–H groups in total. The van der Waals surface area contributed by atoms with Gasteiger partial charge in [0.2, 0.25) is 0 Å². The van der Waals surface area contributed by atoms with Crippen LogP contribution in [0.25, 0.3) is 0 Å². The molecule has 98 valence electrons. The van der Waals surface area contributed by atoms with Crippen molar-refractivity contribution in [2.45, 2.75) is 25.6 Å². The molecule has 2 rings (SSSR count). The smallest absolute Gasteiger partial charge is 0.104 e. The van der Waals surface area contributed by atoms with Crippen molar-refractivity contribution in [3.8, 4) is 0 Å². The summed E-state index contributed by atoms with van der Waals surface area (Å²) in [5.74, 6) is 0. The van der Waals surface area contributed by atoms with E-state index in [2.05, 4.69) is 0 Å². The molecule has 1 aliphatic heterocycles. The van der Waals surface area contributed by atoms with Crippen LogP contribution in [0.2, 0.25) is 5.02 Å². The summed E-state index contributed by atoms with van der Waals surface area (Å²) >= 11 is 11.0. The Bertz CT molecular complexity index is 433. The predicted octanol–water partition coefficient (Wildman–Crippen LogP) is 2.67. The van der Waals surface area contributed by atoms with E-state index in [-0.39, 0.29) is 6.10 Å². The van der Waals surface area contributed by atoms with Crippen LogP contribution in [0.5, 0.6) is 0 Å². The van der Waals surface area contributed by atoms with Crippen molar-refractivity contribution in [2.75, 3.05) is 13.2 Å². The van der Waals surface area contributed by atoms with Gasteiger partial charge >= 0.3 is 0 Å². The zero-order chi connectivity index (χ0) is 13.0. The monoisotopic (exact) mass is 285 g/mol. The highest BCUT2D eigenvalue weighted by atomic mass is 35.5. The van der Waals surface area contributed by atoms with Gasteiger partial charge in [-0.05, 0) is 24.5 Å². The third-order valence-corrected chi connectivity index (χ3v) is 3.51. The standard InChI is InChI=1S/C13H16ClNO2S/c14-12-6-9(13(15)18)3-4-10(12)7-16-8-11-2-1-5-17-11/h3-4,6,11H,1-2,5,7-8H2,(H2,15,18). The van der Waals surface area contributed by atoms with Crippen molar-refractivity contribution in [2.24, 2.45) is 5.73 Å². The SMILES string of the molecule is NC(=S)c1ccc(COCC2CCCO2)c(Cl)c1. The molecule has 0 aromatic heterocycles. The van der Waals surface area contributed by atoms with Gasteiger partial charge in [0, 0.05) is 17.2 Å². The Balaban J connectivity index is 1.87. The van der Waals surface area contributed by atoms with Gasteiger partial charge in [-0.1, -0.05) is 36.0 Å². The number of hydrogen-bond donors (Lipinski definition) is 1. The molecule has 1 unspecified atom stereocenters. The summed E-state index contributed by atoms with van der Waals surface area (Å²) in [6.45, 7) is 1.95. The van der Waals surface area contributed by atoms with E-state index in [0.29, 0.717) is 23.2 Å². The third-order valence-electron chi connectivity index (χ3n) is 2.92. The van der Waals surface area contributed by atoms with E-state index in [0.717, 1.165) is 30.6 Å². The van der Waals surface area contributed by atoms with Crippen LogP contribution in [0, 0.1) is 0 Å². The summed E-state index contributed by atoms with van der Waals surface area (Å²) in [6.07, 6.45) is 2.44. The van der Waals surface area contributed by atoms with Crippen LogP contribution in [0.3, 0.4) is 0 Å². The van der Waals surface area contributed by atoms with Crippen molar-refractivity contribution in [3.05, 3.63) is 34.3 Å². The molecule has 0 aliphatic carbocycles. The van der Waals surface area contributed by atoms with Gasteiger partial charge in [0.05, 0.1) is 19.3 Å². The van der Waals surface area contributed by atoms with Crippen LogP contribution >= 0.6 is 23.8 Å². The fourth-order valence-electron chi connectivity index (χ4n) is 1.89. The highest BCUT2D eigenvalue weighted by Gasteiger charge is 2.15. The highest BCUT2D eigenvalue weighted by Crippen LogP contribution is 2.20. The second-order valence-electron chi connectivity index (χ2n) is 4.32. The predicted molar refractivity (Wildman–Crippen MR) is 76.0 cm³/mol. The van der Waals surface area contributed by atoms with E-state index in [1.54, 1.807) is 6.07 Å². The van der Waals surface area contributed by atoms with Gasteiger partial charge in [0.25, 0.3) is 0 Å². The zero-order valence-electron chi connectivity index (χ0n) is 10.0. The highest BCUT2D eigenvalue weighted by molar-refractivity contribution is 7.80. The van der Waals surface area contributed by atoms with Crippen LogP contribution in [0.4, 0.5) is 0 Å². The minimum Gasteiger partial charge on any atom is -0.389 e. The number of rotatable bonds is 5. The molecule has 1 saturated heterocycles. The normalized spacial score (nSPS) is 19.1. The summed E-state index contributed by atoms with van der Waals surface area (Å²) in [5.41, 5.74) is 7.26. The first-order valence-corrected chi connectivity index (χ1v) is 6.73. The molecular formula is C13H16ClNO2S. The Morgan fingerprint density at radius 1 is 1.56 bits per heavy atom. The summed E-state index contributed by atoms with van der Waals surface area (Å²) in [6, 6.07) is 5.53. The second kappa shape index (κ2) is 6.48. The number of thiocarbonyl (C=S) groups is 1. The van der Waals surface area contributed by atoms with Gasteiger partial charge in [-0.2, -0.15) is 0 Å². The maximum atomic E-state index is 6.14. The molecule has 1 atom stereocenters. The lowest BCUT2D eigenvalue weighted by molar-refractivity contribution is 0.0106. The minimum absolute atomic E-state index is 0.236. The lowest BCUT2D eigenvalue weighted by Gasteiger charge is -2.11. The largest absolute Gasteiger partial charge is 0.389 e. The molecule has 1 heterocycles. The molecule has 1 aromatic carbocycles. The quantitative estimate of drug-likeness (QED) is 0.845. The zero-order valence-corrected chi connectivity index (χ0v) is 11.6. The molecule has 0 bridgehead atoms. The Kier molecular flexibility index (Phi) is 4.95. The van der Waals surface area contributed by atoms with E-state index in [4.69, 9.17) is 39.0 Å². The van der Waals surface area contributed by atoms with Crippen LogP contribution in [-0.2, 0) is 16.1 Å². The van der Waals surface area contributed by atoms with E-state index in [9.17, 15) is 0 Å². The lowest BCUT2D eigenvalue weighted by Crippen LogP contribution is -2.14. The maximum absolute atomic E-state index is 6.14. The van der Waals surface area contributed by atoms with Gasteiger partial charge in [-0.15, -0.1) is 0 Å². The molecule has 0 radical (unpaired) electrons. The lowest BCUT2D eigenvalue weighted by atomic mass is 10.1. The molecule has 1 aromatic rings. The summed E-state index contributed by atoms with van der Waals surface area (Å²) in [7, 11) is 0.